The third-order valence-corrected chi connectivity index (χ3v) is 4.12. The number of hydrogen-bond acceptors (Lipinski definition) is 2. The Hall–Kier alpha value is -2.55. The third kappa shape index (κ3) is 4.54. The highest BCUT2D eigenvalue weighted by atomic mass is 35.5. The van der Waals surface area contributed by atoms with Crippen molar-refractivity contribution in [3.8, 4) is 0 Å². The van der Waals surface area contributed by atoms with Crippen molar-refractivity contribution < 1.29 is 18.0 Å². The molecule has 1 aromatic carbocycles. The van der Waals surface area contributed by atoms with Gasteiger partial charge in [-0.15, -0.1) is 0 Å². The predicted molar refractivity (Wildman–Crippen MR) is 91.2 cm³/mol. The molecule has 10 heteroatoms. The zero-order valence-corrected chi connectivity index (χ0v) is 14.2. The van der Waals surface area contributed by atoms with E-state index in [0.717, 1.165) is 25.3 Å². The first-order valence-corrected chi connectivity index (χ1v) is 8.24. The van der Waals surface area contributed by atoms with Gasteiger partial charge in [0.25, 0.3) is 5.91 Å². The zero-order valence-electron chi connectivity index (χ0n) is 13.4. The van der Waals surface area contributed by atoms with Crippen LogP contribution in [0.15, 0.2) is 35.3 Å². The lowest BCUT2D eigenvalue weighted by molar-refractivity contribution is -0.141. The first-order valence-electron chi connectivity index (χ1n) is 7.86. The van der Waals surface area contributed by atoms with Gasteiger partial charge in [0, 0.05) is 22.7 Å². The van der Waals surface area contributed by atoms with Gasteiger partial charge in [-0.25, -0.2) is 0 Å². The van der Waals surface area contributed by atoms with Gasteiger partial charge in [0.2, 0.25) is 5.96 Å². The lowest BCUT2D eigenvalue weighted by atomic mass is 9.93. The summed E-state index contributed by atoms with van der Waals surface area (Å²) in [5.41, 5.74) is -0.753. The van der Waals surface area contributed by atoms with Crippen molar-refractivity contribution >= 4 is 29.3 Å². The Morgan fingerprint density at radius 3 is 2.50 bits per heavy atom. The number of halogens is 4. The lowest BCUT2D eigenvalue weighted by Gasteiger charge is -2.28. The van der Waals surface area contributed by atoms with Crippen LogP contribution >= 0.6 is 11.6 Å². The summed E-state index contributed by atoms with van der Waals surface area (Å²) in [6, 6.07) is 7.08. The van der Waals surface area contributed by atoms with Crippen molar-refractivity contribution in [2.45, 2.75) is 31.5 Å². The predicted octanol–water partition coefficient (Wildman–Crippen LogP) is 3.83. The molecule has 0 spiro atoms. The summed E-state index contributed by atoms with van der Waals surface area (Å²) in [5.74, 6) is -0.509. The zero-order chi connectivity index (χ0) is 18.7. The van der Waals surface area contributed by atoms with E-state index in [4.69, 9.17) is 11.6 Å². The van der Waals surface area contributed by atoms with E-state index in [1.54, 1.807) is 12.1 Å². The van der Waals surface area contributed by atoms with Gasteiger partial charge in [-0.2, -0.15) is 23.3 Å². The molecule has 2 aromatic rings. The van der Waals surface area contributed by atoms with Crippen LogP contribution in [0.1, 0.15) is 35.3 Å². The Balaban J connectivity index is 1.78. The molecule has 1 amide bonds. The van der Waals surface area contributed by atoms with Crippen LogP contribution in [0, 0.1) is 0 Å². The van der Waals surface area contributed by atoms with Crippen molar-refractivity contribution in [2.75, 3.05) is 5.32 Å². The number of rotatable bonds is 3. The van der Waals surface area contributed by atoms with E-state index in [1.807, 2.05) is 0 Å². The Morgan fingerprint density at radius 2 is 1.96 bits per heavy atom. The normalized spacial score (nSPS) is 15.5. The average molecular weight is 386 g/mol. The van der Waals surface area contributed by atoms with Crippen LogP contribution in [0.25, 0.3) is 0 Å². The summed E-state index contributed by atoms with van der Waals surface area (Å²) >= 11 is 5.79. The third-order valence-electron chi connectivity index (χ3n) is 3.87. The first-order chi connectivity index (χ1) is 12.3. The molecule has 1 saturated carbocycles. The summed E-state index contributed by atoms with van der Waals surface area (Å²) in [4.78, 5) is 16.2. The van der Waals surface area contributed by atoms with Crippen molar-refractivity contribution in [3.63, 3.8) is 0 Å². The number of alkyl halides is 3. The smallest absolute Gasteiger partial charge is 0.353 e. The van der Waals surface area contributed by atoms with Gasteiger partial charge < -0.3 is 10.6 Å². The SMILES string of the molecule is O=C(/N=C(\Nc1cc(C(F)(F)F)n[nH]1)NC1CCC1)c1ccc(Cl)cc1. The number of anilines is 1. The molecule has 0 aliphatic heterocycles. The fraction of sp³-hybridized carbons (Fsp3) is 0.312. The number of aliphatic imine (C=N–C) groups is 1. The minimum Gasteiger partial charge on any atom is -0.353 e. The fourth-order valence-corrected chi connectivity index (χ4v) is 2.39. The topological polar surface area (TPSA) is 82.2 Å². The quantitative estimate of drug-likeness (QED) is 0.554. The number of nitrogens with zero attached hydrogens (tertiary/aromatic N) is 2. The number of hydrogen-bond donors (Lipinski definition) is 3. The number of benzene rings is 1. The first kappa shape index (κ1) is 18.2. The number of aromatic amines is 1. The molecule has 0 atom stereocenters. The van der Waals surface area contributed by atoms with E-state index in [9.17, 15) is 18.0 Å². The molecule has 0 saturated heterocycles. The maximum absolute atomic E-state index is 12.7. The molecule has 0 unspecified atom stereocenters. The number of nitrogens with one attached hydrogen (secondary N) is 3. The number of aromatic nitrogens is 2. The second-order valence-corrected chi connectivity index (χ2v) is 6.27. The van der Waals surface area contributed by atoms with Crippen molar-refractivity contribution in [1.29, 1.82) is 0 Å². The van der Waals surface area contributed by atoms with Crippen molar-refractivity contribution in [3.05, 3.63) is 46.6 Å². The molecule has 0 bridgehead atoms. The highest BCUT2D eigenvalue weighted by Gasteiger charge is 2.34. The van der Waals surface area contributed by atoms with Crippen molar-refractivity contribution in [2.24, 2.45) is 4.99 Å². The van der Waals surface area contributed by atoms with E-state index in [2.05, 4.69) is 25.8 Å². The molecule has 3 rings (SSSR count). The van der Waals surface area contributed by atoms with Gasteiger partial charge in [-0.1, -0.05) is 11.6 Å². The molecule has 0 radical (unpaired) electrons. The molecule has 1 heterocycles. The molecular weight excluding hydrogens is 371 g/mol. The molecule has 6 nitrogen and oxygen atoms in total. The summed E-state index contributed by atoms with van der Waals surface area (Å²) in [6.45, 7) is 0. The fourth-order valence-electron chi connectivity index (χ4n) is 2.26. The molecule has 3 N–H and O–H groups in total. The van der Waals surface area contributed by atoms with Gasteiger partial charge >= 0.3 is 6.18 Å². The van der Waals surface area contributed by atoms with E-state index in [-0.39, 0.29) is 17.8 Å². The summed E-state index contributed by atoms with van der Waals surface area (Å²) in [7, 11) is 0. The molecule has 1 aliphatic carbocycles. The second kappa shape index (κ2) is 7.36. The van der Waals surface area contributed by atoms with Crippen LogP contribution in [0.3, 0.4) is 0 Å². The minimum absolute atomic E-state index is 0.0215. The Bertz CT molecular complexity index is 812. The maximum Gasteiger partial charge on any atom is 0.435 e. The maximum atomic E-state index is 12.7. The van der Waals surface area contributed by atoms with Crippen LogP contribution in [0.4, 0.5) is 19.0 Å². The second-order valence-electron chi connectivity index (χ2n) is 5.83. The molecule has 138 valence electrons. The standard InChI is InChI=1S/C16H15ClF3N5O/c17-10-6-4-9(5-7-10)14(26)23-15(21-11-2-1-3-11)22-13-8-12(24-25-13)16(18,19)20/h4-8,11H,1-3H2,(H3,21,22,23,24,25,26). The van der Waals surface area contributed by atoms with Gasteiger partial charge in [0.1, 0.15) is 5.82 Å². The molecule has 26 heavy (non-hydrogen) atoms. The Kier molecular flexibility index (Phi) is 5.17. The number of carbonyl (C=O) groups is 1. The van der Waals surface area contributed by atoms with Crippen LogP contribution in [0.5, 0.6) is 0 Å². The van der Waals surface area contributed by atoms with Crippen LogP contribution < -0.4 is 10.6 Å². The summed E-state index contributed by atoms with van der Waals surface area (Å²) in [6.07, 6.45) is -1.73. The Morgan fingerprint density at radius 1 is 1.27 bits per heavy atom. The van der Waals surface area contributed by atoms with E-state index in [0.29, 0.717) is 10.6 Å². The number of carbonyl (C=O) groups excluding carboxylic acids is 1. The highest BCUT2D eigenvalue weighted by Crippen LogP contribution is 2.28. The van der Waals surface area contributed by atoms with E-state index >= 15 is 0 Å². The van der Waals surface area contributed by atoms with Gasteiger partial charge in [0.05, 0.1) is 0 Å². The molecule has 1 aromatic heterocycles. The van der Waals surface area contributed by atoms with E-state index in [1.165, 1.54) is 12.1 Å². The van der Waals surface area contributed by atoms with Gasteiger partial charge in [-0.3, -0.25) is 9.89 Å². The van der Waals surface area contributed by atoms with E-state index < -0.39 is 17.8 Å². The largest absolute Gasteiger partial charge is 0.435 e. The average Bonchev–Trinajstić information content (AvgIpc) is 3.00. The highest BCUT2D eigenvalue weighted by molar-refractivity contribution is 6.30. The molecule has 1 aliphatic rings. The lowest BCUT2D eigenvalue weighted by Crippen LogP contribution is -2.43. The van der Waals surface area contributed by atoms with Gasteiger partial charge in [0.15, 0.2) is 5.69 Å². The minimum atomic E-state index is -4.56. The summed E-state index contributed by atoms with van der Waals surface area (Å²) in [5, 5.41) is 11.6. The summed E-state index contributed by atoms with van der Waals surface area (Å²) < 4.78 is 38.0. The number of guanidine groups is 1. The van der Waals surface area contributed by atoms with Gasteiger partial charge in [-0.05, 0) is 43.5 Å². The molecular formula is C16H15ClF3N5O. The molecule has 1 fully saturated rings. The van der Waals surface area contributed by atoms with Crippen LogP contribution in [0.2, 0.25) is 5.02 Å². The van der Waals surface area contributed by atoms with Crippen molar-refractivity contribution in [1.82, 2.24) is 15.5 Å². The number of amides is 1. The monoisotopic (exact) mass is 385 g/mol. The van der Waals surface area contributed by atoms with Crippen LogP contribution in [-0.2, 0) is 6.18 Å². The number of H-pyrrole nitrogens is 1. The Labute approximate surface area is 151 Å². The van der Waals surface area contributed by atoms with Crippen LogP contribution in [-0.4, -0.2) is 28.1 Å².